The molecule has 0 aliphatic heterocycles. The lowest BCUT2D eigenvalue weighted by atomic mass is 9.33. The third-order valence-corrected chi connectivity index (χ3v) is 13.4. The maximum atomic E-state index is 13.4. The molecule has 0 bridgehead atoms. The van der Waals surface area contributed by atoms with E-state index in [9.17, 15) is 14.8 Å². The van der Waals surface area contributed by atoms with Crippen LogP contribution in [-0.4, -0.2) is 36.1 Å². The van der Waals surface area contributed by atoms with Gasteiger partial charge in [0.25, 0.3) is 0 Å². The molecule has 0 aromatic heterocycles. The van der Waals surface area contributed by atoms with E-state index in [-0.39, 0.29) is 44.9 Å². The monoisotopic (exact) mass is 541 g/mol. The molecule has 0 heterocycles. The average Bonchev–Trinajstić information content (AvgIpc) is 2.83. The predicted molar refractivity (Wildman–Crippen MR) is 151 cm³/mol. The number of esters is 2. The van der Waals surface area contributed by atoms with Gasteiger partial charge >= 0.3 is 11.9 Å². The number of fused-ring (bicyclic) bond motifs is 7. The highest BCUT2D eigenvalue weighted by molar-refractivity contribution is 5.95. The van der Waals surface area contributed by atoms with Crippen molar-refractivity contribution in [1.82, 2.24) is 0 Å². The van der Waals surface area contributed by atoms with Crippen molar-refractivity contribution in [1.29, 1.82) is 0 Å². The van der Waals surface area contributed by atoms with E-state index in [0.29, 0.717) is 24.0 Å². The van der Waals surface area contributed by atoms with Crippen LogP contribution < -0.4 is 0 Å². The highest BCUT2D eigenvalue weighted by atomic mass is 16.5. The first-order valence-electron chi connectivity index (χ1n) is 15.2. The molecule has 0 spiro atoms. The average molecular weight is 542 g/mol. The fourth-order valence-electron chi connectivity index (χ4n) is 11.2. The summed E-state index contributed by atoms with van der Waals surface area (Å²) in [6.07, 6.45) is 10.7. The summed E-state index contributed by atoms with van der Waals surface area (Å²) in [4.78, 5) is 25.6. The van der Waals surface area contributed by atoms with Gasteiger partial charge in [0, 0.05) is 12.3 Å². The minimum atomic E-state index is -0.512. The molecular formula is C33H51NO5. The zero-order valence-electron chi connectivity index (χ0n) is 25.8. The van der Waals surface area contributed by atoms with Gasteiger partial charge in [-0.15, -0.1) is 0 Å². The Morgan fingerprint density at radius 1 is 0.949 bits per heavy atom. The second-order valence-electron chi connectivity index (χ2n) is 15.9. The van der Waals surface area contributed by atoms with Crippen molar-refractivity contribution in [3.05, 3.63) is 11.6 Å². The first-order valence-corrected chi connectivity index (χ1v) is 15.2. The molecule has 0 unspecified atom stereocenters. The summed E-state index contributed by atoms with van der Waals surface area (Å²) in [5.41, 5.74) is 1.49. The Morgan fingerprint density at radius 2 is 1.62 bits per heavy atom. The van der Waals surface area contributed by atoms with Crippen molar-refractivity contribution in [2.45, 2.75) is 119 Å². The van der Waals surface area contributed by atoms with Crippen LogP contribution >= 0.6 is 0 Å². The van der Waals surface area contributed by atoms with Gasteiger partial charge in [-0.25, -0.2) is 0 Å². The number of allylic oxidation sites excluding steroid dienone is 2. The summed E-state index contributed by atoms with van der Waals surface area (Å²) in [6, 6.07) is 0. The molecule has 5 aliphatic rings. The minimum Gasteiger partial charge on any atom is -0.469 e. The van der Waals surface area contributed by atoms with Crippen LogP contribution in [0.2, 0.25) is 0 Å². The van der Waals surface area contributed by atoms with Crippen LogP contribution in [0.4, 0.5) is 0 Å². The Hall–Kier alpha value is -1.85. The number of oxime groups is 1. The van der Waals surface area contributed by atoms with Crippen LogP contribution in [0.5, 0.6) is 0 Å². The van der Waals surface area contributed by atoms with Gasteiger partial charge in [0.05, 0.1) is 12.5 Å². The standard InChI is InChI=1S/C33H51NO5/c1-20(35)39-23-19-30(6)24(29(4,5)26(23)34-37)12-13-32(8)25(30)11-10-21-22-18-28(2,3)14-16-33(22,27(36)38-9)17-15-31(21,32)7/h10,22-25,37H,11-19H2,1-9H3/b34-26+/t22-,23+,24-,25+,30-,31+,32+,33-/m0/s1. The second kappa shape index (κ2) is 8.82. The molecule has 218 valence electrons. The molecule has 6 nitrogen and oxygen atoms in total. The maximum Gasteiger partial charge on any atom is 0.312 e. The zero-order valence-corrected chi connectivity index (χ0v) is 25.8. The highest BCUT2D eigenvalue weighted by Gasteiger charge is 2.70. The molecule has 0 saturated heterocycles. The Morgan fingerprint density at radius 3 is 2.23 bits per heavy atom. The van der Waals surface area contributed by atoms with Gasteiger partial charge < -0.3 is 14.7 Å². The Labute approximate surface area is 235 Å². The Bertz CT molecular complexity index is 1120. The van der Waals surface area contributed by atoms with E-state index in [1.165, 1.54) is 12.5 Å². The van der Waals surface area contributed by atoms with Crippen molar-refractivity contribution >= 4 is 17.7 Å². The Kier molecular flexibility index (Phi) is 6.49. The van der Waals surface area contributed by atoms with Gasteiger partial charge in [0.2, 0.25) is 0 Å². The highest BCUT2D eigenvalue weighted by Crippen LogP contribution is 2.75. The Balaban J connectivity index is 1.61. The molecule has 0 aromatic carbocycles. The topological polar surface area (TPSA) is 85.2 Å². The van der Waals surface area contributed by atoms with Gasteiger partial charge in [0.15, 0.2) is 0 Å². The van der Waals surface area contributed by atoms with E-state index in [1.807, 2.05) is 0 Å². The maximum absolute atomic E-state index is 13.4. The zero-order chi connectivity index (χ0) is 28.8. The number of ether oxygens (including phenoxy) is 2. The molecule has 39 heavy (non-hydrogen) atoms. The van der Waals surface area contributed by atoms with Crippen molar-refractivity contribution in [3.8, 4) is 0 Å². The number of nitrogens with zero attached hydrogens (tertiary/aromatic N) is 1. The molecule has 5 rings (SSSR count). The second-order valence-corrected chi connectivity index (χ2v) is 15.9. The largest absolute Gasteiger partial charge is 0.469 e. The van der Waals surface area contributed by atoms with Crippen LogP contribution in [-0.2, 0) is 19.1 Å². The van der Waals surface area contributed by atoms with E-state index >= 15 is 0 Å². The van der Waals surface area contributed by atoms with Crippen LogP contribution in [0.3, 0.4) is 0 Å². The molecule has 1 N–H and O–H groups in total. The number of rotatable bonds is 2. The first-order chi connectivity index (χ1) is 18.0. The van der Waals surface area contributed by atoms with E-state index in [2.05, 4.69) is 59.7 Å². The summed E-state index contributed by atoms with van der Waals surface area (Å²) < 4.78 is 11.3. The number of hydrogen-bond acceptors (Lipinski definition) is 6. The summed E-state index contributed by atoms with van der Waals surface area (Å²) in [7, 11) is 1.56. The summed E-state index contributed by atoms with van der Waals surface area (Å²) in [6.45, 7) is 17.9. The molecule has 0 amide bonds. The number of carbonyl (C=O) groups is 2. The lowest BCUT2D eigenvalue weighted by Gasteiger charge is -2.71. The third kappa shape index (κ3) is 3.74. The van der Waals surface area contributed by atoms with Gasteiger partial charge in [0.1, 0.15) is 11.8 Å². The molecule has 0 radical (unpaired) electrons. The number of carbonyl (C=O) groups excluding carboxylic acids is 2. The van der Waals surface area contributed by atoms with Crippen molar-refractivity contribution < 1.29 is 24.3 Å². The van der Waals surface area contributed by atoms with Gasteiger partial charge in [-0.2, -0.15) is 0 Å². The van der Waals surface area contributed by atoms with Crippen molar-refractivity contribution in [2.75, 3.05) is 7.11 Å². The van der Waals surface area contributed by atoms with Crippen LogP contribution in [0, 0.1) is 50.2 Å². The van der Waals surface area contributed by atoms with Crippen LogP contribution in [0.1, 0.15) is 113 Å². The smallest absolute Gasteiger partial charge is 0.312 e. The van der Waals surface area contributed by atoms with Crippen LogP contribution in [0.25, 0.3) is 0 Å². The fourth-order valence-corrected chi connectivity index (χ4v) is 11.2. The van der Waals surface area contributed by atoms with E-state index in [0.717, 1.165) is 51.4 Å². The van der Waals surface area contributed by atoms with Gasteiger partial charge in [-0.1, -0.05) is 65.3 Å². The quantitative estimate of drug-likeness (QED) is 0.171. The minimum absolute atomic E-state index is 0.00801. The summed E-state index contributed by atoms with van der Waals surface area (Å²) in [5, 5.41) is 13.8. The first kappa shape index (κ1) is 28.7. The molecule has 8 atom stereocenters. The lowest BCUT2D eigenvalue weighted by molar-refractivity contribution is -0.188. The van der Waals surface area contributed by atoms with E-state index in [4.69, 9.17) is 9.47 Å². The predicted octanol–water partition coefficient (Wildman–Crippen LogP) is 7.33. The van der Waals surface area contributed by atoms with Crippen LogP contribution in [0.15, 0.2) is 16.8 Å². The third-order valence-electron chi connectivity index (χ3n) is 13.4. The molecule has 6 heteroatoms. The number of methoxy groups -OCH3 is 1. The van der Waals surface area contributed by atoms with Crippen molar-refractivity contribution in [3.63, 3.8) is 0 Å². The SMILES string of the molecule is COC(=O)[C@]12CCC(C)(C)C[C@H]1C1=CC[C@@H]3[C@@]4(C)C[C@@H](OC(C)=O)/C(=N\O)C(C)(C)[C@@H]4CC[C@@]3(C)[C@]1(C)CC2. The van der Waals surface area contributed by atoms with Gasteiger partial charge in [-0.05, 0) is 97.2 Å². The number of hydrogen-bond donors (Lipinski definition) is 1. The normalized spacial score (nSPS) is 47.0. The summed E-state index contributed by atoms with van der Waals surface area (Å²) >= 11 is 0. The van der Waals surface area contributed by atoms with Gasteiger partial charge in [-0.3, -0.25) is 9.59 Å². The fraction of sp³-hybridized carbons (Fsp3) is 0.848. The lowest BCUT2D eigenvalue weighted by Crippen LogP contribution is -2.66. The van der Waals surface area contributed by atoms with E-state index in [1.54, 1.807) is 7.11 Å². The van der Waals surface area contributed by atoms with Crippen molar-refractivity contribution in [2.24, 2.45) is 55.4 Å². The molecular weight excluding hydrogens is 490 g/mol. The molecule has 5 aliphatic carbocycles. The summed E-state index contributed by atoms with van der Waals surface area (Å²) in [5.74, 6) is 0.605. The molecule has 4 fully saturated rings. The molecule has 0 aromatic rings. The molecule has 4 saturated carbocycles. The van der Waals surface area contributed by atoms with E-state index < -0.39 is 11.5 Å².